The van der Waals surface area contributed by atoms with Gasteiger partial charge in [-0.05, 0) is 55.5 Å². The number of aromatic nitrogens is 2. The molecule has 0 bridgehead atoms. The Morgan fingerprint density at radius 2 is 1.90 bits per heavy atom. The number of pyridine rings is 2. The van der Waals surface area contributed by atoms with E-state index in [1.165, 1.54) is 12.1 Å². The summed E-state index contributed by atoms with van der Waals surface area (Å²) in [6, 6.07) is 11.2. The summed E-state index contributed by atoms with van der Waals surface area (Å²) in [5.41, 5.74) is 9.45. The Hall–Kier alpha value is -2.70. The first-order valence-electron chi connectivity index (χ1n) is 10.2. The summed E-state index contributed by atoms with van der Waals surface area (Å²) >= 11 is 6.44. The standard InChI is InChI=1S/C23H25ClFN5/c24-22-14-29-23(30-19-6-4-18(26)5-7-19)10-21(22)16-9-20(13-27-12-16)28-11-15-2-1-3-17(25)8-15/h1-3,8-10,12-14,18-19,28H,4-7,11,26H2,(H,29,30)/t18-,19-. The van der Waals surface area contributed by atoms with E-state index in [0.29, 0.717) is 23.7 Å². The van der Waals surface area contributed by atoms with Gasteiger partial charge in [-0.25, -0.2) is 9.37 Å². The Morgan fingerprint density at radius 1 is 1.07 bits per heavy atom. The molecule has 1 fully saturated rings. The number of hydrogen-bond donors (Lipinski definition) is 3. The maximum atomic E-state index is 13.4. The minimum Gasteiger partial charge on any atom is -0.380 e. The highest BCUT2D eigenvalue weighted by Gasteiger charge is 2.19. The van der Waals surface area contributed by atoms with Crippen LogP contribution in [0.25, 0.3) is 11.1 Å². The number of nitrogens with one attached hydrogen (secondary N) is 2. The molecule has 0 radical (unpaired) electrons. The van der Waals surface area contributed by atoms with Crippen LogP contribution in [0.3, 0.4) is 0 Å². The third-order valence-electron chi connectivity index (χ3n) is 5.41. The molecule has 2 aromatic heterocycles. The molecule has 4 N–H and O–H groups in total. The molecule has 156 valence electrons. The SMILES string of the molecule is N[C@H]1CC[C@H](Nc2cc(-c3cncc(NCc4cccc(F)c4)c3)c(Cl)cn2)CC1. The number of halogens is 2. The lowest BCUT2D eigenvalue weighted by molar-refractivity contribution is 0.410. The van der Waals surface area contributed by atoms with E-state index in [4.69, 9.17) is 17.3 Å². The largest absolute Gasteiger partial charge is 0.380 e. The summed E-state index contributed by atoms with van der Waals surface area (Å²) in [4.78, 5) is 8.77. The van der Waals surface area contributed by atoms with Crippen molar-refractivity contribution in [1.82, 2.24) is 9.97 Å². The van der Waals surface area contributed by atoms with Crippen LogP contribution < -0.4 is 16.4 Å². The molecular weight excluding hydrogens is 401 g/mol. The molecule has 4 rings (SSSR count). The van der Waals surface area contributed by atoms with E-state index in [2.05, 4.69) is 20.6 Å². The van der Waals surface area contributed by atoms with Crippen molar-refractivity contribution in [2.75, 3.05) is 10.6 Å². The van der Waals surface area contributed by atoms with E-state index in [9.17, 15) is 4.39 Å². The first kappa shape index (κ1) is 20.6. The fourth-order valence-corrected chi connectivity index (χ4v) is 3.96. The number of nitrogens with two attached hydrogens (primary N) is 1. The van der Waals surface area contributed by atoms with E-state index < -0.39 is 0 Å². The lowest BCUT2D eigenvalue weighted by Crippen LogP contribution is -2.33. The third-order valence-corrected chi connectivity index (χ3v) is 5.72. The molecular formula is C23H25ClFN5. The molecule has 0 amide bonds. The topological polar surface area (TPSA) is 75.9 Å². The Morgan fingerprint density at radius 3 is 2.70 bits per heavy atom. The molecule has 1 saturated carbocycles. The molecule has 7 heteroatoms. The quantitative estimate of drug-likeness (QED) is 0.504. The summed E-state index contributed by atoms with van der Waals surface area (Å²) < 4.78 is 13.4. The molecule has 0 atom stereocenters. The van der Waals surface area contributed by atoms with Gasteiger partial charge in [0.15, 0.2) is 0 Å². The molecule has 1 aliphatic rings. The van der Waals surface area contributed by atoms with Gasteiger partial charge in [-0.1, -0.05) is 23.7 Å². The van der Waals surface area contributed by atoms with Gasteiger partial charge in [0.25, 0.3) is 0 Å². The predicted octanol–water partition coefficient (Wildman–Crippen LogP) is 5.23. The second kappa shape index (κ2) is 9.41. The zero-order chi connectivity index (χ0) is 20.9. The average molecular weight is 426 g/mol. The van der Waals surface area contributed by atoms with Crippen LogP contribution in [-0.2, 0) is 6.54 Å². The number of rotatable bonds is 6. The maximum absolute atomic E-state index is 13.4. The highest BCUT2D eigenvalue weighted by atomic mass is 35.5. The molecule has 1 aliphatic carbocycles. The van der Waals surface area contributed by atoms with Gasteiger partial charge in [-0.3, -0.25) is 4.98 Å². The second-order valence-electron chi connectivity index (χ2n) is 7.75. The smallest absolute Gasteiger partial charge is 0.126 e. The van der Waals surface area contributed by atoms with Gasteiger partial charge in [-0.15, -0.1) is 0 Å². The minimum atomic E-state index is -0.246. The average Bonchev–Trinajstić information content (AvgIpc) is 2.75. The minimum absolute atomic E-state index is 0.246. The molecule has 0 spiro atoms. The third kappa shape index (κ3) is 5.26. The van der Waals surface area contributed by atoms with E-state index in [1.807, 2.05) is 18.2 Å². The monoisotopic (exact) mass is 425 g/mol. The predicted molar refractivity (Wildman–Crippen MR) is 120 cm³/mol. The van der Waals surface area contributed by atoms with Crippen molar-refractivity contribution in [3.05, 3.63) is 71.4 Å². The summed E-state index contributed by atoms with van der Waals surface area (Å²) in [6.45, 7) is 0.504. The Labute approximate surface area is 180 Å². The zero-order valence-electron chi connectivity index (χ0n) is 16.6. The van der Waals surface area contributed by atoms with Crippen molar-refractivity contribution < 1.29 is 4.39 Å². The van der Waals surface area contributed by atoms with Crippen molar-refractivity contribution in [3.8, 4) is 11.1 Å². The molecule has 0 aliphatic heterocycles. The van der Waals surface area contributed by atoms with Crippen LogP contribution in [0.15, 0.2) is 55.0 Å². The van der Waals surface area contributed by atoms with Crippen LogP contribution in [-0.4, -0.2) is 22.1 Å². The van der Waals surface area contributed by atoms with Crippen LogP contribution in [0.1, 0.15) is 31.2 Å². The lowest BCUT2D eigenvalue weighted by Gasteiger charge is -2.27. The summed E-state index contributed by atoms with van der Waals surface area (Å²) in [6.07, 6.45) is 9.33. The van der Waals surface area contributed by atoms with Crippen molar-refractivity contribution in [2.45, 2.75) is 44.3 Å². The lowest BCUT2D eigenvalue weighted by atomic mass is 9.92. The van der Waals surface area contributed by atoms with Gasteiger partial charge in [0.05, 0.1) is 10.7 Å². The highest BCUT2D eigenvalue weighted by molar-refractivity contribution is 6.33. The Bertz CT molecular complexity index is 1000. The molecule has 0 saturated heterocycles. The van der Waals surface area contributed by atoms with Crippen LogP contribution >= 0.6 is 11.6 Å². The van der Waals surface area contributed by atoms with Crippen LogP contribution in [0.4, 0.5) is 15.9 Å². The highest BCUT2D eigenvalue weighted by Crippen LogP contribution is 2.31. The normalized spacial score (nSPS) is 18.8. The van der Waals surface area contributed by atoms with Crippen molar-refractivity contribution >= 4 is 23.1 Å². The van der Waals surface area contributed by atoms with Gasteiger partial charge < -0.3 is 16.4 Å². The van der Waals surface area contributed by atoms with Crippen molar-refractivity contribution in [2.24, 2.45) is 5.73 Å². The van der Waals surface area contributed by atoms with Gasteiger partial charge >= 0.3 is 0 Å². The van der Waals surface area contributed by atoms with Gasteiger partial charge in [0.1, 0.15) is 11.6 Å². The van der Waals surface area contributed by atoms with E-state index >= 15 is 0 Å². The molecule has 30 heavy (non-hydrogen) atoms. The Kier molecular flexibility index (Phi) is 6.45. The summed E-state index contributed by atoms with van der Waals surface area (Å²) in [5, 5.41) is 7.36. The van der Waals surface area contributed by atoms with Crippen molar-refractivity contribution in [3.63, 3.8) is 0 Å². The van der Waals surface area contributed by atoms with E-state index in [-0.39, 0.29) is 5.82 Å². The molecule has 0 unspecified atom stereocenters. The van der Waals surface area contributed by atoms with Gasteiger partial charge in [-0.2, -0.15) is 0 Å². The van der Waals surface area contributed by atoms with Crippen molar-refractivity contribution in [1.29, 1.82) is 0 Å². The maximum Gasteiger partial charge on any atom is 0.126 e. The second-order valence-corrected chi connectivity index (χ2v) is 8.16. The Balaban J connectivity index is 1.48. The fraction of sp³-hybridized carbons (Fsp3) is 0.304. The number of anilines is 2. The van der Waals surface area contributed by atoms with Crippen LogP contribution in [0.2, 0.25) is 5.02 Å². The number of nitrogens with zero attached hydrogens (tertiary/aromatic N) is 2. The van der Waals surface area contributed by atoms with Gasteiger partial charge in [0.2, 0.25) is 0 Å². The van der Waals surface area contributed by atoms with Crippen LogP contribution in [0, 0.1) is 5.82 Å². The van der Waals surface area contributed by atoms with Crippen LogP contribution in [0.5, 0.6) is 0 Å². The van der Waals surface area contributed by atoms with E-state index in [1.54, 1.807) is 24.7 Å². The number of hydrogen-bond acceptors (Lipinski definition) is 5. The first-order chi connectivity index (χ1) is 14.6. The number of benzene rings is 1. The fourth-order valence-electron chi connectivity index (χ4n) is 3.75. The molecule has 1 aromatic carbocycles. The van der Waals surface area contributed by atoms with Gasteiger partial charge in [0, 0.05) is 48.3 Å². The summed E-state index contributed by atoms with van der Waals surface area (Å²) in [7, 11) is 0. The van der Waals surface area contributed by atoms with E-state index in [0.717, 1.165) is 53.9 Å². The molecule has 5 nitrogen and oxygen atoms in total. The molecule has 3 aromatic rings. The summed E-state index contributed by atoms with van der Waals surface area (Å²) in [5.74, 6) is 0.553. The molecule has 2 heterocycles. The zero-order valence-corrected chi connectivity index (χ0v) is 17.4. The first-order valence-corrected chi connectivity index (χ1v) is 10.6.